The minimum Gasteiger partial charge on any atom is -0.336 e. The van der Waals surface area contributed by atoms with E-state index in [4.69, 9.17) is 11.6 Å². The summed E-state index contributed by atoms with van der Waals surface area (Å²) in [7, 11) is 1.99. The van der Waals surface area contributed by atoms with Crippen molar-refractivity contribution in [3.63, 3.8) is 0 Å². The van der Waals surface area contributed by atoms with Crippen LogP contribution < -0.4 is 5.32 Å². The molecule has 0 radical (unpaired) electrons. The maximum Gasteiger partial charge on any atom is 0.130 e. The van der Waals surface area contributed by atoms with Gasteiger partial charge in [0.25, 0.3) is 0 Å². The van der Waals surface area contributed by atoms with Crippen molar-refractivity contribution in [3.05, 3.63) is 51.5 Å². The van der Waals surface area contributed by atoms with Crippen molar-refractivity contribution >= 4 is 27.5 Å². The molecule has 0 aliphatic rings. The maximum atomic E-state index is 6.11. The lowest BCUT2D eigenvalue weighted by Crippen LogP contribution is -2.24. The number of hydrogen-bond acceptors (Lipinski definition) is 2. The Bertz CT molecular complexity index is 519. The average molecular weight is 329 g/mol. The van der Waals surface area contributed by atoms with Gasteiger partial charge in [-0.1, -0.05) is 34.5 Å². The molecule has 0 aliphatic carbocycles. The Morgan fingerprint density at radius 3 is 2.78 bits per heavy atom. The van der Waals surface area contributed by atoms with E-state index in [2.05, 4.69) is 39.2 Å². The fourth-order valence-corrected chi connectivity index (χ4v) is 2.85. The van der Waals surface area contributed by atoms with Crippen LogP contribution in [0.1, 0.15) is 24.4 Å². The first kappa shape index (κ1) is 13.6. The minimum atomic E-state index is 0.0463. The zero-order valence-corrected chi connectivity index (χ0v) is 12.7. The topological polar surface area (TPSA) is 29.9 Å². The number of nitrogens with one attached hydrogen (secondary N) is 1. The third-order valence-electron chi connectivity index (χ3n) is 2.74. The first-order valence-electron chi connectivity index (χ1n) is 5.78. The van der Waals surface area contributed by atoms with Crippen LogP contribution in [-0.4, -0.2) is 16.1 Å². The molecular weight excluding hydrogens is 314 g/mol. The Balaban J connectivity index is 2.44. The molecule has 1 aromatic carbocycles. The lowest BCUT2D eigenvalue weighted by molar-refractivity contribution is 0.577. The Kier molecular flexibility index (Phi) is 4.43. The fraction of sp³-hybridized carbons (Fsp3) is 0.308. The molecule has 96 valence electrons. The predicted molar refractivity (Wildman–Crippen MR) is 77.9 cm³/mol. The molecular formula is C13H15BrClN3. The Morgan fingerprint density at radius 1 is 1.44 bits per heavy atom. The average Bonchev–Trinajstić information content (AvgIpc) is 2.71. The molecule has 1 atom stereocenters. The van der Waals surface area contributed by atoms with Crippen LogP contribution in [0.5, 0.6) is 0 Å². The molecule has 0 amide bonds. The molecule has 0 saturated carbocycles. The highest BCUT2D eigenvalue weighted by Gasteiger charge is 2.17. The second kappa shape index (κ2) is 5.87. The van der Waals surface area contributed by atoms with Gasteiger partial charge in [-0.05, 0) is 30.3 Å². The zero-order chi connectivity index (χ0) is 13.1. The predicted octanol–water partition coefficient (Wildman–Crippen LogP) is 3.53. The number of rotatable bonds is 4. The Labute approximate surface area is 120 Å². The summed E-state index contributed by atoms with van der Waals surface area (Å²) in [6, 6.07) is 5.96. The zero-order valence-electron chi connectivity index (χ0n) is 10.3. The summed E-state index contributed by atoms with van der Waals surface area (Å²) >= 11 is 9.59. The van der Waals surface area contributed by atoms with E-state index in [9.17, 15) is 0 Å². The van der Waals surface area contributed by atoms with E-state index in [1.807, 2.05) is 29.9 Å². The van der Waals surface area contributed by atoms with Crippen LogP contribution in [0.15, 0.2) is 35.1 Å². The van der Waals surface area contributed by atoms with E-state index >= 15 is 0 Å². The van der Waals surface area contributed by atoms with Crippen LogP contribution in [0, 0.1) is 0 Å². The van der Waals surface area contributed by atoms with Gasteiger partial charge in [-0.3, -0.25) is 0 Å². The quantitative estimate of drug-likeness (QED) is 0.930. The molecule has 3 nitrogen and oxygen atoms in total. The van der Waals surface area contributed by atoms with Crippen LogP contribution in [0.3, 0.4) is 0 Å². The number of aryl methyl sites for hydroxylation is 1. The third kappa shape index (κ3) is 2.94. The van der Waals surface area contributed by atoms with E-state index < -0.39 is 0 Å². The standard InChI is InChI=1S/C13H15BrClN3/c1-3-16-12(13-17-4-5-18(13)2)9-6-10(14)8-11(15)7-9/h4-8,12,16H,3H2,1-2H3. The highest BCUT2D eigenvalue weighted by molar-refractivity contribution is 9.10. The molecule has 1 N–H and O–H groups in total. The second-order valence-corrected chi connectivity index (χ2v) is 5.44. The van der Waals surface area contributed by atoms with Gasteiger partial charge < -0.3 is 9.88 Å². The lowest BCUT2D eigenvalue weighted by Gasteiger charge is -2.18. The van der Waals surface area contributed by atoms with Gasteiger partial charge in [0.05, 0.1) is 6.04 Å². The first-order chi connectivity index (χ1) is 8.61. The second-order valence-electron chi connectivity index (χ2n) is 4.09. The summed E-state index contributed by atoms with van der Waals surface area (Å²) in [6.07, 6.45) is 3.75. The van der Waals surface area contributed by atoms with Crippen molar-refractivity contribution in [2.24, 2.45) is 7.05 Å². The molecule has 2 aromatic rings. The summed E-state index contributed by atoms with van der Waals surface area (Å²) in [6.45, 7) is 2.94. The number of benzene rings is 1. The van der Waals surface area contributed by atoms with Gasteiger partial charge in [-0.25, -0.2) is 4.98 Å². The molecule has 0 aliphatic heterocycles. The lowest BCUT2D eigenvalue weighted by atomic mass is 10.1. The summed E-state index contributed by atoms with van der Waals surface area (Å²) in [4.78, 5) is 4.41. The number of nitrogens with zero attached hydrogens (tertiary/aromatic N) is 2. The van der Waals surface area contributed by atoms with Gasteiger partial charge in [-0.2, -0.15) is 0 Å². The van der Waals surface area contributed by atoms with Crippen molar-refractivity contribution in [3.8, 4) is 0 Å². The van der Waals surface area contributed by atoms with Crippen LogP contribution >= 0.6 is 27.5 Å². The summed E-state index contributed by atoms with van der Waals surface area (Å²) in [5.74, 6) is 0.978. The van der Waals surface area contributed by atoms with Gasteiger partial charge in [0, 0.05) is 28.9 Å². The van der Waals surface area contributed by atoms with Crippen molar-refractivity contribution in [1.82, 2.24) is 14.9 Å². The minimum absolute atomic E-state index is 0.0463. The number of aromatic nitrogens is 2. The number of hydrogen-bond donors (Lipinski definition) is 1. The van der Waals surface area contributed by atoms with E-state index in [0.717, 1.165) is 27.4 Å². The Hall–Kier alpha value is -0.840. The molecule has 0 spiro atoms. The summed E-state index contributed by atoms with van der Waals surface area (Å²) in [5.41, 5.74) is 1.10. The SMILES string of the molecule is CCNC(c1cc(Cl)cc(Br)c1)c1nccn1C. The van der Waals surface area contributed by atoms with Gasteiger partial charge in [0.1, 0.15) is 5.82 Å². The van der Waals surface area contributed by atoms with Crippen LogP contribution in [-0.2, 0) is 7.05 Å². The van der Waals surface area contributed by atoms with E-state index in [-0.39, 0.29) is 6.04 Å². The number of imidazole rings is 1. The molecule has 1 heterocycles. The molecule has 2 rings (SSSR count). The molecule has 0 saturated heterocycles. The summed E-state index contributed by atoms with van der Waals surface area (Å²) < 4.78 is 2.99. The van der Waals surface area contributed by atoms with Crippen molar-refractivity contribution < 1.29 is 0 Å². The van der Waals surface area contributed by atoms with Crippen molar-refractivity contribution in [1.29, 1.82) is 0 Å². The fourth-order valence-electron chi connectivity index (χ4n) is 1.96. The normalized spacial score (nSPS) is 12.7. The third-order valence-corrected chi connectivity index (χ3v) is 3.42. The monoisotopic (exact) mass is 327 g/mol. The van der Waals surface area contributed by atoms with Gasteiger partial charge in [0.15, 0.2) is 0 Å². The first-order valence-corrected chi connectivity index (χ1v) is 6.95. The highest BCUT2D eigenvalue weighted by Crippen LogP contribution is 2.27. The smallest absolute Gasteiger partial charge is 0.130 e. The van der Waals surface area contributed by atoms with Gasteiger partial charge in [0.2, 0.25) is 0 Å². The van der Waals surface area contributed by atoms with E-state index in [1.54, 1.807) is 6.20 Å². The van der Waals surface area contributed by atoms with Gasteiger partial charge >= 0.3 is 0 Å². The van der Waals surface area contributed by atoms with Crippen LogP contribution in [0.2, 0.25) is 5.02 Å². The van der Waals surface area contributed by atoms with Gasteiger partial charge in [-0.15, -0.1) is 0 Å². The molecule has 5 heteroatoms. The number of halogens is 2. The maximum absolute atomic E-state index is 6.11. The van der Waals surface area contributed by atoms with E-state index in [0.29, 0.717) is 0 Å². The van der Waals surface area contributed by atoms with Crippen molar-refractivity contribution in [2.45, 2.75) is 13.0 Å². The Morgan fingerprint density at radius 2 is 2.22 bits per heavy atom. The molecule has 1 aromatic heterocycles. The highest BCUT2D eigenvalue weighted by atomic mass is 79.9. The summed E-state index contributed by atoms with van der Waals surface area (Å²) in [5, 5.41) is 4.15. The molecule has 18 heavy (non-hydrogen) atoms. The molecule has 0 fully saturated rings. The van der Waals surface area contributed by atoms with Crippen LogP contribution in [0.4, 0.5) is 0 Å². The van der Waals surface area contributed by atoms with Crippen LogP contribution in [0.25, 0.3) is 0 Å². The molecule has 0 bridgehead atoms. The molecule has 1 unspecified atom stereocenters. The van der Waals surface area contributed by atoms with Crippen molar-refractivity contribution in [2.75, 3.05) is 6.54 Å². The largest absolute Gasteiger partial charge is 0.336 e. The van der Waals surface area contributed by atoms with E-state index in [1.165, 1.54) is 0 Å².